The first-order valence-corrected chi connectivity index (χ1v) is 2.80. The lowest BCUT2D eigenvalue weighted by Crippen LogP contribution is -1.79. The number of aromatic nitrogens is 2. The van der Waals surface area contributed by atoms with Crippen LogP contribution in [0.4, 0.5) is 5.69 Å². The number of aromatic amines is 1. The van der Waals surface area contributed by atoms with Gasteiger partial charge >= 0.3 is 0 Å². The summed E-state index contributed by atoms with van der Waals surface area (Å²) in [5.41, 5.74) is 1.52. The molecule has 4 nitrogen and oxygen atoms in total. The first kappa shape index (κ1) is 6.67. The summed E-state index contributed by atoms with van der Waals surface area (Å²) in [7, 11) is 1.69. The Bertz CT molecular complexity index is 248. The maximum atomic E-state index is 3.80. The van der Waals surface area contributed by atoms with Crippen LogP contribution in [0.5, 0.6) is 0 Å². The maximum Gasteiger partial charge on any atom is 0.109 e. The highest BCUT2D eigenvalue weighted by Gasteiger charge is 1.96. The van der Waals surface area contributed by atoms with Crippen LogP contribution in [0.3, 0.4) is 0 Å². The van der Waals surface area contributed by atoms with Gasteiger partial charge < -0.3 is 0 Å². The quantitative estimate of drug-likeness (QED) is 0.600. The van der Waals surface area contributed by atoms with Gasteiger partial charge in [-0.3, -0.25) is 15.1 Å². The summed E-state index contributed by atoms with van der Waals surface area (Å²) in [6.45, 7) is 3.37. The molecule has 0 aliphatic carbocycles. The van der Waals surface area contributed by atoms with Crippen molar-refractivity contribution in [1.29, 1.82) is 0 Å². The Morgan fingerprint density at radius 2 is 2.60 bits per heavy atom. The van der Waals surface area contributed by atoms with Crippen LogP contribution in [0.2, 0.25) is 0 Å². The fourth-order valence-corrected chi connectivity index (χ4v) is 0.640. The predicted molar refractivity (Wildman–Crippen MR) is 41.3 cm³/mol. The number of rotatable bonds is 2. The van der Waals surface area contributed by atoms with E-state index in [1.807, 2.05) is 0 Å². The van der Waals surface area contributed by atoms with E-state index in [1.54, 1.807) is 19.5 Å². The summed E-state index contributed by atoms with van der Waals surface area (Å²) in [4.78, 5) is 7.52. The minimum atomic E-state index is 0.727. The lowest BCUT2D eigenvalue weighted by atomic mass is 10.4. The smallest absolute Gasteiger partial charge is 0.109 e. The van der Waals surface area contributed by atoms with E-state index >= 15 is 0 Å². The Labute approximate surface area is 58.7 Å². The lowest BCUT2D eigenvalue weighted by molar-refractivity contribution is 1.08. The van der Waals surface area contributed by atoms with Crippen molar-refractivity contribution < 1.29 is 0 Å². The van der Waals surface area contributed by atoms with Crippen LogP contribution >= 0.6 is 0 Å². The zero-order valence-corrected chi connectivity index (χ0v) is 5.70. The van der Waals surface area contributed by atoms with Gasteiger partial charge in [-0.1, -0.05) is 0 Å². The molecule has 0 fully saturated rings. The molecule has 0 radical (unpaired) electrons. The Kier molecular flexibility index (Phi) is 1.94. The van der Waals surface area contributed by atoms with Gasteiger partial charge in [0, 0.05) is 13.3 Å². The molecule has 0 amide bonds. The zero-order chi connectivity index (χ0) is 7.40. The molecule has 10 heavy (non-hydrogen) atoms. The highest BCUT2D eigenvalue weighted by molar-refractivity contribution is 5.84. The van der Waals surface area contributed by atoms with Crippen LogP contribution < -0.4 is 0 Å². The molecule has 0 atom stereocenters. The number of hydrogen-bond acceptors (Lipinski definition) is 3. The van der Waals surface area contributed by atoms with Crippen LogP contribution in [0.15, 0.2) is 16.2 Å². The number of aliphatic imine (C=N–C) groups is 2. The second-order valence-electron chi connectivity index (χ2n) is 1.71. The number of nitrogens with one attached hydrogen (secondary N) is 1. The third-order valence-electron chi connectivity index (χ3n) is 1.08. The van der Waals surface area contributed by atoms with E-state index in [1.165, 1.54) is 0 Å². The van der Waals surface area contributed by atoms with Gasteiger partial charge in [-0.05, 0) is 6.72 Å². The van der Waals surface area contributed by atoms with Crippen molar-refractivity contribution in [2.24, 2.45) is 9.98 Å². The fourth-order valence-electron chi connectivity index (χ4n) is 0.640. The molecule has 52 valence electrons. The molecule has 4 heteroatoms. The summed E-state index contributed by atoms with van der Waals surface area (Å²) in [6.07, 6.45) is 3.25. The Hall–Kier alpha value is -1.45. The summed E-state index contributed by atoms with van der Waals surface area (Å²) in [6, 6.07) is 0. The predicted octanol–water partition coefficient (Wildman–Crippen LogP) is 0.790. The van der Waals surface area contributed by atoms with Gasteiger partial charge in [0.2, 0.25) is 0 Å². The first-order valence-electron chi connectivity index (χ1n) is 2.80. The Morgan fingerprint density at radius 1 is 1.80 bits per heavy atom. The Morgan fingerprint density at radius 3 is 3.20 bits per heavy atom. The molecule has 1 rings (SSSR count). The topological polar surface area (TPSA) is 53.4 Å². The van der Waals surface area contributed by atoms with Crippen molar-refractivity contribution in [3.63, 3.8) is 0 Å². The van der Waals surface area contributed by atoms with E-state index in [2.05, 4.69) is 26.9 Å². The van der Waals surface area contributed by atoms with Gasteiger partial charge in [0.05, 0.1) is 6.20 Å². The monoisotopic (exact) mass is 136 g/mol. The first-order chi connectivity index (χ1) is 4.88. The molecule has 0 saturated heterocycles. The van der Waals surface area contributed by atoms with Crippen LogP contribution in [0, 0.1) is 0 Å². The maximum absolute atomic E-state index is 3.80. The third-order valence-corrected chi connectivity index (χ3v) is 1.08. The molecule has 0 spiro atoms. The van der Waals surface area contributed by atoms with Crippen molar-refractivity contribution in [3.05, 3.63) is 11.9 Å². The molecular weight excluding hydrogens is 128 g/mol. The molecule has 0 bridgehead atoms. The summed E-state index contributed by atoms with van der Waals surface area (Å²) >= 11 is 0. The Balaban J connectivity index is 3.00. The van der Waals surface area contributed by atoms with Crippen molar-refractivity contribution >= 4 is 18.6 Å². The highest BCUT2D eigenvalue weighted by atomic mass is 15.1. The van der Waals surface area contributed by atoms with Gasteiger partial charge in [-0.15, -0.1) is 0 Å². The average molecular weight is 136 g/mol. The largest absolute Gasteiger partial charge is 0.294 e. The zero-order valence-electron chi connectivity index (χ0n) is 5.70. The molecule has 0 saturated carbocycles. The summed E-state index contributed by atoms with van der Waals surface area (Å²) < 4.78 is 0. The van der Waals surface area contributed by atoms with E-state index < -0.39 is 0 Å². The number of hydrogen-bond donors (Lipinski definition) is 1. The minimum absolute atomic E-state index is 0.727. The fraction of sp³-hybridized carbons (Fsp3) is 0.167. The SMILES string of the molecule is C=Nc1cn[nH]c1C=NC. The van der Waals surface area contributed by atoms with Gasteiger partial charge in [0.15, 0.2) is 0 Å². The van der Waals surface area contributed by atoms with E-state index in [9.17, 15) is 0 Å². The molecule has 1 heterocycles. The molecule has 0 aliphatic heterocycles. The van der Waals surface area contributed by atoms with Gasteiger partial charge in [-0.2, -0.15) is 5.10 Å². The lowest BCUT2D eigenvalue weighted by Gasteiger charge is -1.84. The van der Waals surface area contributed by atoms with Gasteiger partial charge in [0.25, 0.3) is 0 Å². The summed E-state index contributed by atoms with van der Waals surface area (Å²) in [5, 5.41) is 6.49. The van der Waals surface area contributed by atoms with Crippen LogP contribution in [-0.2, 0) is 0 Å². The standard InChI is InChI=1S/C6H8N4/c1-7-3-6-5(8-2)4-9-10-6/h3-4H,2H2,1H3,(H,9,10). The van der Waals surface area contributed by atoms with Crippen LogP contribution in [-0.4, -0.2) is 30.2 Å². The van der Waals surface area contributed by atoms with Crippen LogP contribution in [0.1, 0.15) is 5.69 Å². The normalized spacial score (nSPS) is 10.5. The third kappa shape index (κ3) is 1.10. The van der Waals surface area contributed by atoms with Crippen molar-refractivity contribution in [3.8, 4) is 0 Å². The number of H-pyrrole nitrogens is 1. The molecule has 1 aromatic rings. The second kappa shape index (κ2) is 2.91. The molecular formula is C6H8N4. The molecule has 1 aromatic heterocycles. The minimum Gasteiger partial charge on any atom is -0.294 e. The van der Waals surface area contributed by atoms with Gasteiger partial charge in [-0.25, -0.2) is 0 Å². The molecule has 0 aromatic carbocycles. The average Bonchev–Trinajstić information content (AvgIpc) is 2.36. The van der Waals surface area contributed by atoms with Crippen molar-refractivity contribution in [2.75, 3.05) is 7.05 Å². The van der Waals surface area contributed by atoms with Crippen molar-refractivity contribution in [1.82, 2.24) is 10.2 Å². The summed E-state index contributed by atoms with van der Waals surface area (Å²) in [5.74, 6) is 0. The molecule has 1 N–H and O–H groups in total. The van der Waals surface area contributed by atoms with E-state index in [-0.39, 0.29) is 0 Å². The van der Waals surface area contributed by atoms with E-state index in [0.717, 1.165) is 11.4 Å². The van der Waals surface area contributed by atoms with E-state index in [4.69, 9.17) is 0 Å². The highest BCUT2D eigenvalue weighted by Crippen LogP contribution is 2.11. The van der Waals surface area contributed by atoms with Crippen LogP contribution in [0.25, 0.3) is 0 Å². The van der Waals surface area contributed by atoms with Crippen molar-refractivity contribution in [2.45, 2.75) is 0 Å². The number of nitrogens with zero attached hydrogens (tertiary/aromatic N) is 3. The van der Waals surface area contributed by atoms with Gasteiger partial charge in [0.1, 0.15) is 11.4 Å². The van der Waals surface area contributed by atoms with E-state index in [0.29, 0.717) is 0 Å². The second-order valence-corrected chi connectivity index (χ2v) is 1.71. The molecule has 0 unspecified atom stereocenters. The molecule has 0 aliphatic rings.